The van der Waals surface area contributed by atoms with E-state index in [2.05, 4.69) is 15.2 Å². The van der Waals surface area contributed by atoms with Gasteiger partial charge in [-0.15, -0.1) is 0 Å². The molecule has 1 aliphatic rings. The van der Waals surface area contributed by atoms with Crippen molar-refractivity contribution in [2.75, 3.05) is 6.54 Å². The van der Waals surface area contributed by atoms with Crippen molar-refractivity contribution in [2.24, 2.45) is 10.2 Å². The molecule has 3 nitrogen and oxygen atoms in total. The Morgan fingerprint density at radius 1 is 1.45 bits per heavy atom. The lowest BCUT2D eigenvalue weighted by atomic mass is 10.1. The predicted molar refractivity (Wildman–Crippen MR) is 41.3 cm³/mol. The van der Waals surface area contributed by atoms with Gasteiger partial charge in [-0.3, -0.25) is 4.98 Å². The van der Waals surface area contributed by atoms with Crippen LogP contribution in [0, 0.1) is 0 Å². The highest BCUT2D eigenvalue weighted by molar-refractivity contribution is 5.14. The summed E-state index contributed by atoms with van der Waals surface area (Å²) in [4.78, 5) is 4.03. The van der Waals surface area contributed by atoms with Gasteiger partial charge < -0.3 is 0 Å². The Hall–Kier alpha value is -1.25. The molecule has 0 saturated heterocycles. The van der Waals surface area contributed by atoms with Gasteiger partial charge in [0.2, 0.25) is 0 Å². The molecule has 2 rings (SSSR count). The fraction of sp³-hybridized carbons (Fsp3) is 0.375. The minimum Gasteiger partial charge on any atom is -0.264 e. The zero-order valence-corrected chi connectivity index (χ0v) is 6.14. The molecule has 1 aromatic heterocycles. The van der Waals surface area contributed by atoms with Crippen LogP contribution in [0.3, 0.4) is 0 Å². The fourth-order valence-corrected chi connectivity index (χ4v) is 1.20. The van der Waals surface area contributed by atoms with Gasteiger partial charge in [0.05, 0.1) is 12.6 Å². The highest BCUT2D eigenvalue weighted by atomic mass is 15.2. The van der Waals surface area contributed by atoms with Crippen molar-refractivity contribution in [2.45, 2.75) is 12.5 Å². The second-order valence-corrected chi connectivity index (χ2v) is 2.57. The van der Waals surface area contributed by atoms with Crippen molar-refractivity contribution in [3.05, 3.63) is 30.1 Å². The highest BCUT2D eigenvalue weighted by Gasteiger charge is 2.13. The van der Waals surface area contributed by atoms with Gasteiger partial charge in [-0.2, -0.15) is 10.2 Å². The van der Waals surface area contributed by atoms with E-state index in [1.165, 1.54) is 5.56 Å². The molecule has 0 bridgehead atoms. The zero-order chi connectivity index (χ0) is 7.52. The first-order valence-corrected chi connectivity index (χ1v) is 3.73. The number of azo groups is 1. The third-order valence-electron chi connectivity index (χ3n) is 1.79. The third kappa shape index (κ3) is 1.27. The molecule has 11 heavy (non-hydrogen) atoms. The average Bonchev–Trinajstić information content (AvgIpc) is 2.58. The molecule has 56 valence electrons. The van der Waals surface area contributed by atoms with Crippen LogP contribution < -0.4 is 0 Å². The van der Waals surface area contributed by atoms with Gasteiger partial charge in [0.25, 0.3) is 0 Å². The minimum atomic E-state index is 0.267. The van der Waals surface area contributed by atoms with Crippen LogP contribution in [0.5, 0.6) is 0 Å². The average molecular weight is 147 g/mol. The van der Waals surface area contributed by atoms with E-state index in [0.717, 1.165) is 13.0 Å². The van der Waals surface area contributed by atoms with Crippen LogP contribution >= 0.6 is 0 Å². The molecule has 1 aromatic rings. The summed E-state index contributed by atoms with van der Waals surface area (Å²) < 4.78 is 0. The minimum absolute atomic E-state index is 0.267. The first-order valence-electron chi connectivity index (χ1n) is 3.73. The Kier molecular flexibility index (Phi) is 1.63. The van der Waals surface area contributed by atoms with Crippen LogP contribution in [0.4, 0.5) is 0 Å². The predicted octanol–water partition coefficient (Wildman–Crippen LogP) is 1.98. The molecule has 2 heterocycles. The van der Waals surface area contributed by atoms with Crippen LogP contribution in [0.2, 0.25) is 0 Å². The largest absolute Gasteiger partial charge is 0.264 e. The maximum Gasteiger partial charge on any atom is 0.0990 e. The van der Waals surface area contributed by atoms with Gasteiger partial charge in [0, 0.05) is 12.4 Å². The standard InChI is InChI=1S/C8H9N3/c1-2-7(6-9-4-1)8-3-5-10-11-8/h1-2,4,6,8H,3,5H2. The lowest BCUT2D eigenvalue weighted by Crippen LogP contribution is -1.91. The van der Waals surface area contributed by atoms with Crippen molar-refractivity contribution in [3.8, 4) is 0 Å². The van der Waals surface area contributed by atoms with Crippen LogP contribution in [0.1, 0.15) is 18.0 Å². The van der Waals surface area contributed by atoms with E-state index in [0.29, 0.717) is 0 Å². The molecule has 1 unspecified atom stereocenters. The van der Waals surface area contributed by atoms with Crippen molar-refractivity contribution in [1.29, 1.82) is 0 Å². The van der Waals surface area contributed by atoms with Crippen LogP contribution in [-0.4, -0.2) is 11.5 Å². The summed E-state index contributed by atoms with van der Waals surface area (Å²) in [5, 5.41) is 8.03. The SMILES string of the molecule is c1cncc(C2CCN=N2)c1. The summed E-state index contributed by atoms with van der Waals surface area (Å²) in [7, 11) is 0. The van der Waals surface area contributed by atoms with E-state index >= 15 is 0 Å². The van der Waals surface area contributed by atoms with E-state index in [4.69, 9.17) is 0 Å². The Balaban J connectivity index is 2.23. The molecule has 0 N–H and O–H groups in total. The number of pyridine rings is 1. The first kappa shape index (κ1) is 6.46. The monoisotopic (exact) mass is 147 g/mol. The van der Waals surface area contributed by atoms with Crippen LogP contribution in [0.25, 0.3) is 0 Å². The second kappa shape index (κ2) is 2.78. The lowest BCUT2D eigenvalue weighted by Gasteiger charge is -2.02. The molecular weight excluding hydrogens is 138 g/mol. The smallest absolute Gasteiger partial charge is 0.0990 e. The molecule has 0 amide bonds. The van der Waals surface area contributed by atoms with Gasteiger partial charge in [0.1, 0.15) is 0 Å². The van der Waals surface area contributed by atoms with Crippen molar-refractivity contribution < 1.29 is 0 Å². The molecule has 0 fully saturated rings. The normalized spacial score (nSPS) is 22.4. The molecule has 0 saturated carbocycles. The summed E-state index contributed by atoms with van der Waals surface area (Å²) in [5.41, 5.74) is 1.17. The third-order valence-corrected chi connectivity index (χ3v) is 1.79. The Morgan fingerprint density at radius 2 is 2.45 bits per heavy atom. The van der Waals surface area contributed by atoms with E-state index in [1.807, 2.05) is 18.3 Å². The Bertz CT molecular complexity index is 255. The van der Waals surface area contributed by atoms with Gasteiger partial charge in [0.15, 0.2) is 0 Å². The number of rotatable bonds is 1. The van der Waals surface area contributed by atoms with Crippen molar-refractivity contribution >= 4 is 0 Å². The van der Waals surface area contributed by atoms with E-state index in [-0.39, 0.29) is 6.04 Å². The fourth-order valence-electron chi connectivity index (χ4n) is 1.20. The molecule has 0 spiro atoms. The molecule has 3 heteroatoms. The van der Waals surface area contributed by atoms with E-state index in [9.17, 15) is 0 Å². The van der Waals surface area contributed by atoms with E-state index < -0.39 is 0 Å². The Labute approximate surface area is 65.2 Å². The quantitative estimate of drug-likeness (QED) is 0.598. The summed E-state index contributed by atoms with van der Waals surface area (Å²) in [5.74, 6) is 0. The molecule has 0 aromatic carbocycles. The molecule has 0 radical (unpaired) electrons. The number of hydrogen-bond acceptors (Lipinski definition) is 3. The van der Waals surface area contributed by atoms with Crippen molar-refractivity contribution in [3.63, 3.8) is 0 Å². The maximum absolute atomic E-state index is 4.09. The summed E-state index contributed by atoms with van der Waals surface area (Å²) in [6.07, 6.45) is 4.66. The van der Waals surface area contributed by atoms with Crippen molar-refractivity contribution in [1.82, 2.24) is 4.98 Å². The van der Waals surface area contributed by atoms with Gasteiger partial charge in [-0.1, -0.05) is 6.07 Å². The number of aromatic nitrogens is 1. The van der Waals surface area contributed by atoms with Crippen LogP contribution in [0.15, 0.2) is 34.8 Å². The van der Waals surface area contributed by atoms with Gasteiger partial charge >= 0.3 is 0 Å². The molecule has 1 atom stereocenters. The van der Waals surface area contributed by atoms with E-state index in [1.54, 1.807) is 6.20 Å². The summed E-state index contributed by atoms with van der Waals surface area (Å²) in [6, 6.07) is 4.24. The topological polar surface area (TPSA) is 37.6 Å². The molecule has 0 aliphatic carbocycles. The second-order valence-electron chi connectivity index (χ2n) is 2.57. The molecule has 1 aliphatic heterocycles. The number of hydrogen-bond donors (Lipinski definition) is 0. The Morgan fingerprint density at radius 3 is 3.09 bits per heavy atom. The summed E-state index contributed by atoms with van der Waals surface area (Å²) >= 11 is 0. The first-order chi connectivity index (χ1) is 5.47. The highest BCUT2D eigenvalue weighted by Crippen LogP contribution is 2.24. The maximum atomic E-state index is 4.09. The van der Waals surface area contributed by atoms with Crippen LogP contribution in [-0.2, 0) is 0 Å². The van der Waals surface area contributed by atoms with Gasteiger partial charge in [-0.05, 0) is 18.1 Å². The summed E-state index contributed by atoms with van der Waals surface area (Å²) in [6.45, 7) is 0.861. The number of nitrogens with zero attached hydrogens (tertiary/aromatic N) is 3. The molecular formula is C8H9N3. The zero-order valence-electron chi connectivity index (χ0n) is 6.14. The van der Waals surface area contributed by atoms with Gasteiger partial charge in [-0.25, -0.2) is 0 Å². The lowest BCUT2D eigenvalue weighted by molar-refractivity contribution is 0.737.